The van der Waals surface area contributed by atoms with Crippen molar-refractivity contribution in [2.24, 2.45) is 0 Å². The Kier molecular flexibility index (Phi) is 3.37. The van der Waals surface area contributed by atoms with Gasteiger partial charge < -0.3 is 4.42 Å². The molecule has 0 spiro atoms. The summed E-state index contributed by atoms with van der Waals surface area (Å²) in [5.41, 5.74) is 1.25. The normalized spacial score (nSPS) is 12.1. The van der Waals surface area contributed by atoms with Crippen LogP contribution in [-0.2, 0) is 16.5 Å². The molecule has 0 amide bonds. The fourth-order valence-corrected chi connectivity index (χ4v) is 2.14. The Balaban J connectivity index is 2.09. The minimum atomic E-state index is -3.92. The molecular weight excluding hydrogens is 266 g/mol. The zero-order valence-corrected chi connectivity index (χ0v) is 10.3. The molecule has 0 aliphatic carbocycles. The number of aromatic nitrogens is 1. The van der Waals surface area contributed by atoms with Gasteiger partial charge in [-0.3, -0.25) is 4.55 Å². The number of halogens is 1. The van der Waals surface area contributed by atoms with Gasteiger partial charge in [0.2, 0.25) is 0 Å². The van der Waals surface area contributed by atoms with Gasteiger partial charge in [-0.15, -0.1) is 0 Å². The van der Waals surface area contributed by atoms with Crippen molar-refractivity contribution < 1.29 is 17.4 Å². The van der Waals surface area contributed by atoms with Crippen LogP contribution < -0.4 is 0 Å². The van der Waals surface area contributed by atoms with E-state index in [1.807, 2.05) is 0 Å². The third kappa shape index (κ3) is 3.42. The van der Waals surface area contributed by atoms with Crippen molar-refractivity contribution in [3.8, 4) is 0 Å². The topological polar surface area (TPSA) is 80.4 Å². The highest BCUT2D eigenvalue weighted by Crippen LogP contribution is 2.20. The first-order valence-corrected chi connectivity index (χ1v) is 6.93. The van der Waals surface area contributed by atoms with Crippen LogP contribution in [0, 0.1) is 0 Å². The van der Waals surface area contributed by atoms with Gasteiger partial charge in [0.25, 0.3) is 10.1 Å². The fraction of sp³-hybridized carbons (Fsp3) is 0.300. The monoisotopic (exact) mass is 275 g/mol. The van der Waals surface area contributed by atoms with Gasteiger partial charge in [-0.2, -0.15) is 8.42 Å². The highest BCUT2D eigenvalue weighted by Gasteiger charge is 2.09. The van der Waals surface area contributed by atoms with Gasteiger partial charge in [0.1, 0.15) is 5.52 Å². The number of oxazole rings is 1. The molecule has 0 radical (unpaired) electrons. The van der Waals surface area contributed by atoms with Gasteiger partial charge in [0.15, 0.2) is 11.5 Å². The molecule has 0 saturated heterocycles. The molecule has 1 N–H and O–H groups in total. The van der Waals surface area contributed by atoms with Crippen LogP contribution in [-0.4, -0.2) is 23.7 Å². The molecule has 1 aromatic carbocycles. The predicted molar refractivity (Wildman–Crippen MR) is 63.8 cm³/mol. The zero-order chi connectivity index (χ0) is 12.5. The number of hydrogen-bond acceptors (Lipinski definition) is 4. The van der Waals surface area contributed by atoms with E-state index < -0.39 is 10.1 Å². The smallest absolute Gasteiger partial charge is 0.264 e. The lowest BCUT2D eigenvalue weighted by atomic mass is 10.3. The predicted octanol–water partition coefficient (Wildman–Crippen LogP) is 2.30. The van der Waals surface area contributed by atoms with E-state index in [-0.39, 0.29) is 12.2 Å². The van der Waals surface area contributed by atoms with E-state index in [1.165, 1.54) is 0 Å². The van der Waals surface area contributed by atoms with E-state index in [0.29, 0.717) is 28.4 Å². The Bertz CT molecular complexity index is 635. The number of hydrogen-bond donors (Lipinski definition) is 1. The molecule has 2 rings (SSSR count). The summed E-state index contributed by atoms with van der Waals surface area (Å²) >= 11 is 5.80. The summed E-state index contributed by atoms with van der Waals surface area (Å²) in [5, 5.41) is 0.565. The average Bonchev–Trinajstić information content (AvgIpc) is 2.57. The second-order valence-electron chi connectivity index (χ2n) is 3.61. The van der Waals surface area contributed by atoms with E-state index >= 15 is 0 Å². The molecule has 0 atom stereocenters. The van der Waals surface area contributed by atoms with Gasteiger partial charge >= 0.3 is 0 Å². The average molecular weight is 276 g/mol. The Morgan fingerprint density at radius 2 is 2.18 bits per heavy atom. The van der Waals surface area contributed by atoms with E-state index in [0.717, 1.165) is 0 Å². The van der Waals surface area contributed by atoms with Crippen molar-refractivity contribution in [1.82, 2.24) is 4.98 Å². The molecule has 0 saturated carbocycles. The first-order chi connectivity index (χ1) is 7.94. The maximum atomic E-state index is 10.5. The lowest BCUT2D eigenvalue weighted by Crippen LogP contribution is -2.04. The molecule has 17 heavy (non-hydrogen) atoms. The van der Waals surface area contributed by atoms with Gasteiger partial charge in [-0.25, -0.2) is 4.98 Å². The van der Waals surface area contributed by atoms with Crippen molar-refractivity contribution in [2.45, 2.75) is 12.8 Å². The molecule has 92 valence electrons. The van der Waals surface area contributed by atoms with E-state index in [1.54, 1.807) is 18.2 Å². The van der Waals surface area contributed by atoms with E-state index in [4.69, 9.17) is 20.6 Å². The largest absolute Gasteiger partial charge is 0.441 e. The molecule has 2 aromatic rings. The first kappa shape index (κ1) is 12.3. The third-order valence-electron chi connectivity index (χ3n) is 2.19. The number of rotatable bonds is 4. The highest BCUT2D eigenvalue weighted by atomic mass is 35.5. The number of benzene rings is 1. The van der Waals surface area contributed by atoms with Gasteiger partial charge in [0, 0.05) is 11.4 Å². The number of fused-ring (bicyclic) bond motifs is 1. The third-order valence-corrected chi connectivity index (χ3v) is 3.23. The van der Waals surface area contributed by atoms with Crippen molar-refractivity contribution in [2.75, 3.05) is 5.75 Å². The minimum absolute atomic E-state index is 0.263. The van der Waals surface area contributed by atoms with Crippen LogP contribution in [0.4, 0.5) is 0 Å². The molecule has 0 unspecified atom stereocenters. The number of nitrogens with zero attached hydrogens (tertiary/aromatic N) is 1. The van der Waals surface area contributed by atoms with Crippen LogP contribution in [0.25, 0.3) is 11.1 Å². The molecule has 1 aromatic heterocycles. The van der Waals surface area contributed by atoms with Crippen LogP contribution in [0.1, 0.15) is 12.3 Å². The molecule has 0 aliphatic heterocycles. The molecular formula is C10H10ClNO4S. The highest BCUT2D eigenvalue weighted by molar-refractivity contribution is 7.85. The maximum absolute atomic E-state index is 10.5. The zero-order valence-electron chi connectivity index (χ0n) is 8.76. The minimum Gasteiger partial charge on any atom is -0.441 e. The molecule has 0 fully saturated rings. The SMILES string of the molecule is O=S(=O)(O)CCCc1nc2cc(Cl)ccc2o1. The van der Waals surface area contributed by atoms with Gasteiger partial charge in [0.05, 0.1) is 5.75 Å². The lowest BCUT2D eigenvalue weighted by Gasteiger charge is -1.93. The Morgan fingerprint density at radius 1 is 1.41 bits per heavy atom. The molecule has 0 bridgehead atoms. The molecule has 7 heteroatoms. The van der Waals surface area contributed by atoms with Crippen molar-refractivity contribution in [3.63, 3.8) is 0 Å². The fourth-order valence-electron chi connectivity index (χ4n) is 1.46. The Labute approximate surface area is 103 Å². The van der Waals surface area contributed by atoms with Gasteiger partial charge in [-0.1, -0.05) is 11.6 Å². The summed E-state index contributed by atoms with van der Waals surface area (Å²) < 4.78 is 35.0. The molecule has 1 heterocycles. The van der Waals surface area contributed by atoms with E-state index in [2.05, 4.69) is 4.98 Å². The lowest BCUT2D eigenvalue weighted by molar-refractivity contribution is 0.477. The summed E-state index contributed by atoms with van der Waals surface area (Å²) in [4.78, 5) is 4.17. The summed E-state index contributed by atoms with van der Waals surface area (Å²) in [7, 11) is -3.92. The number of aryl methyl sites for hydroxylation is 1. The van der Waals surface area contributed by atoms with Gasteiger partial charge in [-0.05, 0) is 24.6 Å². The Hall–Kier alpha value is -1.11. The maximum Gasteiger partial charge on any atom is 0.264 e. The van der Waals surface area contributed by atoms with Crippen LogP contribution >= 0.6 is 11.6 Å². The van der Waals surface area contributed by atoms with Crippen LogP contribution in [0.5, 0.6) is 0 Å². The van der Waals surface area contributed by atoms with E-state index in [9.17, 15) is 8.42 Å². The van der Waals surface area contributed by atoms with Crippen molar-refractivity contribution in [1.29, 1.82) is 0 Å². The summed E-state index contributed by atoms with van der Waals surface area (Å²) in [6.07, 6.45) is 0.617. The van der Waals surface area contributed by atoms with Crippen molar-refractivity contribution in [3.05, 3.63) is 29.1 Å². The molecule has 0 aliphatic rings. The second kappa shape index (κ2) is 4.64. The van der Waals surface area contributed by atoms with Crippen LogP contribution in [0.2, 0.25) is 5.02 Å². The molecule has 5 nitrogen and oxygen atoms in total. The quantitative estimate of drug-likeness (QED) is 0.866. The Morgan fingerprint density at radius 3 is 2.88 bits per heavy atom. The van der Waals surface area contributed by atoms with Crippen LogP contribution in [0.3, 0.4) is 0 Å². The summed E-state index contributed by atoms with van der Waals surface area (Å²) in [6, 6.07) is 5.07. The second-order valence-corrected chi connectivity index (χ2v) is 5.62. The van der Waals surface area contributed by atoms with Crippen LogP contribution in [0.15, 0.2) is 22.6 Å². The summed E-state index contributed by atoms with van der Waals surface area (Å²) in [6.45, 7) is 0. The standard InChI is InChI=1S/C10H10ClNO4S/c11-7-3-4-9-8(6-7)12-10(16-9)2-1-5-17(13,14)15/h3-4,6H,1-2,5H2,(H,13,14,15). The first-order valence-electron chi connectivity index (χ1n) is 4.94. The summed E-state index contributed by atoms with van der Waals surface area (Å²) in [5.74, 6) is 0.137. The van der Waals surface area contributed by atoms with Crippen molar-refractivity contribution >= 4 is 32.8 Å².